The first-order valence-corrected chi connectivity index (χ1v) is 11.7. The fourth-order valence-corrected chi connectivity index (χ4v) is 5.23. The molecular formula is C23H38N2O6. The van der Waals surface area contributed by atoms with Crippen LogP contribution in [0.25, 0.3) is 0 Å². The summed E-state index contributed by atoms with van der Waals surface area (Å²) in [6.45, 7) is 2.29. The molecule has 4 N–H and O–H groups in total. The topological polar surface area (TPSA) is 133 Å². The number of carbonyl (C=O) groups is 4. The summed E-state index contributed by atoms with van der Waals surface area (Å²) >= 11 is 0. The Bertz CT molecular complexity index is 640. The number of rotatable bonds is 5. The molecule has 31 heavy (non-hydrogen) atoms. The largest absolute Gasteiger partial charge is 0.481 e. The van der Waals surface area contributed by atoms with Gasteiger partial charge in [0.05, 0.1) is 23.7 Å². The van der Waals surface area contributed by atoms with Crippen molar-refractivity contribution in [3.63, 3.8) is 0 Å². The summed E-state index contributed by atoms with van der Waals surface area (Å²) in [5.41, 5.74) is 0. The summed E-state index contributed by atoms with van der Waals surface area (Å²) < 4.78 is 0. The molecule has 0 radical (unpaired) electrons. The van der Waals surface area contributed by atoms with E-state index in [0.717, 1.165) is 44.4 Å². The van der Waals surface area contributed by atoms with Gasteiger partial charge in [0.1, 0.15) is 0 Å². The van der Waals surface area contributed by atoms with Gasteiger partial charge in [-0.2, -0.15) is 0 Å². The van der Waals surface area contributed by atoms with Gasteiger partial charge < -0.3 is 20.8 Å². The van der Waals surface area contributed by atoms with E-state index in [2.05, 4.69) is 17.6 Å². The molecule has 8 nitrogen and oxygen atoms in total. The maximum absolute atomic E-state index is 13.1. The predicted octanol–water partition coefficient (Wildman–Crippen LogP) is 2.81. The van der Waals surface area contributed by atoms with Crippen LogP contribution in [-0.4, -0.2) is 47.1 Å². The van der Waals surface area contributed by atoms with E-state index >= 15 is 0 Å². The van der Waals surface area contributed by atoms with E-state index in [-0.39, 0.29) is 31.2 Å². The van der Waals surface area contributed by atoms with Crippen molar-refractivity contribution in [1.82, 2.24) is 10.6 Å². The minimum Gasteiger partial charge on any atom is -0.481 e. The van der Waals surface area contributed by atoms with Crippen LogP contribution in [0.4, 0.5) is 0 Å². The number of carbonyl (C=O) groups excluding carboxylic acids is 2. The van der Waals surface area contributed by atoms with E-state index < -0.39 is 41.5 Å². The van der Waals surface area contributed by atoms with Crippen molar-refractivity contribution in [2.24, 2.45) is 29.6 Å². The molecule has 8 heteroatoms. The van der Waals surface area contributed by atoms with Gasteiger partial charge in [-0.25, -0.2) is 0 Å². The Labute approximate surface area is 184 Å². The summed E-state index contributed by atoms with van der Waals surface area (Å²) in [6.07, 6.45) is 8.61. The number of hydrogen-bond donors (Lipinski definition) is 4. The lowest BCUT2D eigenvalue weighted by Crippen LogP contribution is -2.43. The predicted molar refractivity (Wildman–Crippen MR) is 115 cm³/mol. The maximum Gasteiger partial charge on any atom is 0.307 e. The lowest BCUT2D eigenvalue weighted by Gasteiger charge is -2.26. The van der Waals surface area contributed by atoms with Crippen LogP contribution in [0, 0.1) is 29.6 Å². The molecule has 0 saturated heterocycles. The molecule has 2 saturated carbocycles. The average Bonchev–Trinajstić information content (AvgIpc) is 2.94. The lowest BCUT2D eigenvalue weighted by molar-refractivity contribution is -0.152. The Morgan fingerprint density at radius 3 is 1.58 bits per heavy atom. The fourth-order valence-electron chi connectivity index (χ4n) is 5.23. The third-order valence-corrected chi connectivity index (χ3v) is 7.17. The molecule has 2 aliphatic carbocycles. The molecule has 0 aliphatic heterocycles. The Morgan fingerprint density at radius 2 is 1.13 bits per heavy atom. The van der Waals surface area contributed by atoms with E-state index in [1.165, 1.54) is 19.9 Å². The quantitative estimate of drug-likeness (QED) is 0.488. The molecule has 0 spiro atoms. The van der Waals surface area contributed by atoms with Crippen LogP contribution in [0.1, 0.15) is 77.6 Å². The maximum atomic E-state index is 13.1. The van der Waals surface area contributed by atoms with Crippen LogP contribution in [-0.2, 0) is 19.2 Å². The van der Waals surface area contributed by atoms with Gasteiger partial charge in [0.15, 0.2) is 0 Å². The molecule has 2 aliphatic rings. The van der Waals surface area contributed by atoms with E-state index in [0.29, 0.717) is 0 Å². The summed E-state index contributed by atoms with van der Waals surface area (Å²) in [4.78, 5) is 49.1. The minimum absolute atomic E-state index is 0.0172. The van der Waals surface area contributed by atoms with Gasteiger partial charge in [-0.3, -0.25) is 19.2 Å². The highest BCUT2D eigenvalue weighted by atomic mass is 16.4. The van der Waals surface area contributed by atoms with Gasteiger partial charge in [0, 0.05) is 13.1 Å². The van der Waals surface area contributed by atoms with Crippen molar-refractivity contribution in [2.45, 2.75) is 83.6 Å². The molecule has 4 atom stereocenters. The molecule has 0 bridgehead atoms. The molecule has 0 aromatic heterocycles. The number of hydrogen-bond acceptors (Lipinski definition) is 4. The van der Waals surface area contributed by atoms with Gasteiger partial charge in [0.25, 0.3) is 0 Å². The molecule has 0 aromatic rings. The Hall–Kier alpha value is -2.12. The molecule has 2 amide bonds. The van der Waals surface area contributed by atoms with E-state index in [1.807, 2.05) is 0 Å². The van der Waals surface area contributed by atoms with Crippen molar-refractivity contribution in [3.05, 3.63) is 0 Å². The highest BCUT2D eigenvalue weighted by Crippen LogP contribution is 2.37. The third-order valence-electron chi connectivity index (χ3n) is 7.17. The zero-order valence-corrected chi connectivity index (χ0v) is 18.8. The second-order valence-electron chi connectivity index (χ2n) is 9.41. The molecule has 4 unspecified atom stereocenters. The number of carboxylic acids is 2. The minimum atomic E-state index is -1.19. The average molecular weight is 439 g/mol. The number of nitrogens with one attached hydrogen (secondary N) is 2. The number of amides is 2. The Morgan fingerprint density at radius 1 is 0.677 bits per heavy atom. The van der Waals surface area contributed by atoms with Crippen LogP contribution in [0.15, 0.2) is 0 Å². The monoisotopic (exact) mass is 438 g/mol. The number of aliphatic carboxylic acids is 2. The van der Waals surface area contributed by atoms with Gasteiger partial charge in [0.2, 0.25) is 11.8 Å². The highest BCUT2D eigenvalue weighted by Gasteiger charge is 2.45. The van der Waals surface area contributed by atoms with Crippen molar-refractivity contribution in [1.29, 1.82) is 0 Å². The zero-order chi connectivity index (χ0) is 23.0. The second kappa shape index (κ2) is 12.1. The number of carboxylic acid groups (broad SMARTS) is 2. The summed E-state index contributed by atoms with van der Waals surface area (Å²) in [7, 11) is 1.44. The van der Waals surface area contributed by atoms with Crippen molar-refractivity contribution >= 4 is 23.8 Å². The van der Waals surface area contributed by atoms with Crippen molar-refractivity contribution in [3.8, 4) is 0 Å². The fraction of sp³-hybridized carbons (Fsp3) is 0.826. The lowest BCUT2D eigenvalue weighted by atomic mass is 9.82. The summed E-state index contributed by atoms with van der Waals surface area (Å²) in [6, 6.07) is 0.0172. The Balaban J connectivity index is 2.12. The van der Waals surface area contributed by atoms with E-state index in [9.17, 15) is 29.4 Å². The summed E-state index contributed by atoms with van der Waals surface area (Å²) in [5.74, 6) is -6.26. The van der Waals surface area contributed by atoms with Crippen LogP contribution >= 0.6 is 0 Å². The molecule has 0 heterocycles. The van der Waals surface area contributed by atoms with Crippen LogP contribution < -0.4 is 10.6 Å². The second-order valence-corrected chi connectivity index (χ2v) is 9.41. The Kier molecular flexibility index (Phi) is 9.78. The first kappa shape index (κ1) is 25.1. The van der Waals surface area contributed by atoms with Gasteiger partial charge in [-0.15, -0.1) is 0 Å². The summed E-state index contributed by atoms with van der Waals surface area (Å²) in [5, 5.41) is 24.9. The first-order chi connectivity index (χ1) is 14.7. The first-order valence-electron chi connectivity index (χ1n) is 11.7. The SMILES string of the molecule is CNC(=O)C1CCC(C(=O)NC2CCCCC(C)CCCC2)C(C(=O)O)CC1C(=O)O. The van der Waals surface area contributed by atoms with E-state index in [1.54, 1.807) is 0 Å². The van der Waals surface area contributed by atoms with E-state index in [4.69, 9.17) is 0 Å². The molecular weight excluding hydrogens is 400 g/mol. The van der Waals surface area contributed by atoms with Gasteiger partial charge in [-0.05, 0) is 38.0 Å². The van der Waals surface area contributed by atoms with Gasteiger partial charge in [-0.1, -0.05) is 45.4 Å². The smallest absolute Gasteiger partial charge is 0.307 e. The third kappa shape index (κ3) is 7.21. The normalized spacial score (nSPS) is 32.8. The van der Waals surface area contributed by atoms with Crippen molar-refractivity contribution < 1.29 is 29.4 Å². The van der Waals surface area contributed by atoms with Crippen LogP contribution in [0.5, 0.6) is 0 Å². The molecule has 176 valence electrons. The van der Waals surface area contributed by atoms with Gasteiger partial charge >= 0.3 is 11.9 Å². The van der Waals surface area contributed by atoms with Crippen LogP contribution in [0.2, 0.25) is 0 Å². The molecule has 2 rings (SSSR count). The molecule has 0 aromatic carbocycles. The standard InChI is InChI=1S/C23H38N2O6/c1-14-7-3-5-9-15(10-6-4-8-14)25-21(27)17-12-11-16(20(26)24-2)18(22(28)29)13-19(17)23(30)31/h14-19H,3-13H2,1-2H3,(H,24,26)(H,25,27)(H,28,29)(H,30,31). The van der Waals surface area contributed by atoms with Crippen molar-refractivity contribution in [2.75, 3.05) is 7.05 Å². The highest BCUT2D eigenvalue weighted by molar-refractivity contribution is 5.88. The zero-order valence-electron chi connectivity index (χ0n) is 18.8. The van der Waals surface area contributed by atoms with Crippen LogP contribution in [0.3, 0.4) is 0 Å². The molecule has 2 fully saturated rings.